The lowest BCUT2D eigenvalue weighted by Gasteiger charge is -2.23. The van der Waals surface area contributed by atoms with E-state index in [1.807, 2.05) is 25.1 Å². The van der Waals surface area contributed by atoms with Crippen molar-refractivity contribution in [3.8, 4) is 17.2 Å². The summed E-state index contributed by atoms with van der Waals surface area (Å²) in [6.45, 7) is 4.77. The molecule has 3 heterocycles. The number of halogens is 1. The molecule has 26 heavy (non-hydrogen) atoms. The number of carbonyl (C=O) groups is 1. The number of ether oxygens (including phenoxy) is 2. The zero-order valence-electron chi connectivity index (χ0n) is 14.5. The highest BCUT2D eigenvalue weighted by atomic mass is 35.5. The predicted molar refractivity (Wildman–Crippen MR) is 97.7 cm³/mol. The number of carbonyl (C=O) groups excluding carboxylic acids is 1. The summed E-state index contributed by atoms with van der Waals surface area (Å²) in [5, 5.41) is 14.6. The summed E-state index contributed by atoms with van der Waals surface area (Å²) < 4.78 is 12.8. The summed E-state index contributed by atoms with van der Waals surface area (Å²) in [6.07, 6.45) is 1.86. The molecule has 4 rings (SSSR count). The van der Waals surface area contributed by atoms with Crippen LogP contribution >= 0.6 is 12.4 Å². The van der Waals surface area contributed by atoms with Gasteiger partial charge in [-0.1, -0.05) is 5.21 Å². The Labute approximate surface area is 157 Å². The Hall–Kier alpha value is -2.32. The second kappa shape index (κ2) is 7.92. The zero-order valence-corrected chi connectivity index (χ0v) is 15.3. The van der Waals surface area contributed by atoms with Crippen LogP contribution in [-0.4, -0.2) is 53.2 Å². The van der Waals surface area contributed by atoms with Crippen molar-refractivity contribution in [2.45, 2.75) is 25.8 Å². The first-order valence-electron chi connectivity index (χ1n) is 8.56. The molecule has 0 atom stereocenters. The van der Waals surface area contributed by atoms with Gasteiger partial charge in [0.05, 0.1) is 11.4 Å². The number of rotatable bonds is 3. The average molecular weight is 380 g/mol. The maximum atomic E-state index is 12.5. The van der Waals surface area contributed by atoms with Gasteiger partial charge in [-0.05, 0) is 45.0 Å². The Morgan fingerprint density at radius 2 is 1.96 bits per heavy atom. The molecule has 2 N–H and O–H groups in total. The number of piperidine rings is 1. The standard InChI is InChI=1S/C17H21N5O3.ClH/c1-11-16(17(23)19-12-4-6-18-7-5-12)20-21-22(11)13-2-3-14-15(10-13)25-9-8-24-14;/h2-3,10,12,18H,4-9H2,1H3,(H,19,23);1H. The van der Waals surface area contributed by atoms with Crippen LogP contribution in [0.3, 0.4) is 0 Å². The minimum absolute atomic E-state index is 0. The third-order valence-corrected chi connectivity index (χ3v) is 4.55. The van der Waals surface area contributed by atoms with Gasteiger partial charge in [-0.25, -0.2) is 4.68 Å². The molecule has 1 saturated heterocycles. The Morgan fingerprint density at radius 3 is 2.73 bits per heavy atom. The van der Waals surface area contributed by atoms with Crippen LogP contribution in [0.25, 0.3) is 5.69 Å². The number of benzene rings is 1. The maximum absolute atomic E-state index is 12.5. The van der Waals surface area contributed by atoms with Crippen LogP contribution in [0.2, 0.25) is 0 Å². The highest BCUT2D eigenvalue weighted by Gasteiger charge is 2.22. The van der Waals surface area contributed by atoms with Crippen LogP contribution in [0.4, 0.5) is 0 Å². The van der Waals surface area contributed by atoms with Gasteiger partial charge in [0.15, 0.2) is 17.2 Å². The smallest absolute Gasteiger partial charge is 0.273 e. The second-order valence-corrected chi connectivity index (χ2v) is 6.26. The summed E-state index contributed by atoms with van der Waals surface area (Å²) >= 11 is 0. The van der Waals surface area contributed by atoms with Gasteiger partial charge in [-0.15, -0.1) is 17.5 Å². The van der Waals surface area contributed by atoms with E-state index in [0.717, 1.165) is 37.4 Å². The third-order valence-electron chi connectivity index (χ3n) is 4.55. The van der Waals surface area contributed by atoms with E-state index in [1.54, 1.807) is 4.68 Å². The lowest BCUT2D eigenvalue weighted by atomic mass is 10.1. The molecule has 0 bridgehead atoms. The Morgan fingerprint density at radius 1 is 1.23 bits per heavy atom. The van der Waals surface area contributed by atoms with Crippen LogP contribution in [-0.2, 0) is 0 Å². The van der Waals surface area contributed by atoms with Crippen molar-refractivity contribution < 1.29 is 14.3 Å². The first kappa shape index (κ1) is 18.5. The number of amides is 1. The van der Waals surface area contributed by atoms with Crippen molar-refractivity contribution in [2.24, 2.45) is 0 Å². The molecule has 140 valence electrons. The van der Waals surface area contributed by atoms with E-state index in [2.05, 4.69) is 20.9 Å². The number of fused-ring (bicyclic) bond motifs is 1. The fraction of sp³-hybridized carbons (Fsp3) is 0.471. The molecule has 8 nitrogen and oxygen atoms in total. The van der Waals surface area contributed by atoms with Gasteiger partial charge in [-0.2, -0.15) is 0 Å². The molecule has 0 saturated carbocycles. The van der Waals surface area contributed by atoms with Crippen molar-refractivity contribution in [3.63, 3.8) is 0 Å². The largest absolute Gasteiger partial charge is 0.486 e. The number of nitrogens with one attached hydrogen (secondary N) is 2. The molecule has 9 heteroatoms. The molecule has 0 unspecified atom stereocenters. The van der Waals surface area contributed by atoms with Gasteiger partial charge >= 0.3 is 0 Å². The number of hydrogen-bond acceptors (Lipinski definition) is 6. The van der Waals surface area contributed by atoms with Crippen molar-refractivity contribution in [1.29, 1.82) is 0 Å². The molecule has 1 fully saturated rings. The van der Waals surface area contributed by atoms with Gasteiger partial charge in [0.2, 0.25) is 0 Å². The molecule has 0 aliphatic carbocycles. The minimum atomic E-state index is -0.173. The first-order chi connectivity index (χ1) is 12.2. The van der Waals surface area contributed by atoms with Crippen LogP contribution in [0.5, 0.6) is 11.5 Å². The Bertz CT molecular complexity index is 789. The molecule has 2 aliphatic heterocycles. The van der Waals surface area contributed by atoms with Crippen molar-refractivity contribution in [3.05, 3.63) is 29.6 Å². The summed E-state index contributed by atoms with van der Waals surface area (Å²) in [5.74, 6) is 1.23. The van der Waals surface area contributed by atoms with Crippen LogP contribution < -0.4 is 20.1 Å². The lowest BCUT2D eigenvalue weighted by molar-refractivity contribution is 0.0923. The van der Waals surface area contributed by atoms with E-state index >= 15 is 0 Å². The van der Waals surface area contributed by atoms with E-state index in [1.165, 1.54) is 0 Å². The van der Waals surface area contributed by atoms with E-state index in [0.29, 0.717) is 30.4 Å². The molecule has 2 aliphatic rings. The van der Waals surface area contributed by atoms with E-state index < -0.39 is 0 Å². The van der Waals surface area contributed by atoms with Gasteiger partial charge < -0.3 is 20.1 Å². The second-order valence-electron chi connectivity index (χ2n) is 6.26. The average Bonchev–Trinajstić information content (AvgIpc) is 3.04. The monoisotopic (exact) mass is 379 g/mol. The first-order valence-corrected chi connectivity index (χ1v) is 8.56. The minimum Gasteiger partial charge on any atom is -0.486 e. The summed E-state index contributed by atoms with van der Waals surface area (Å²) in [6, 6.07) is 5.77. The van der Waals surface area contributed by atoms with Gasteiger partial charge in [-0.3, -0.25) is 4.79 Å². The van der Waals surface area contributed by atoms with Crippen molar-refractivity contribution >= 4 is 18.3 Å². The number of hydrogen-bond donors (Lipinski definition) is 2. The maximum Gasteiger partial charge on any atom is 0.273 e. The SMILES string of the molecule is Cc1c(C(=O)NC2CCNCC2)nnn1-c1ccc2c(c1)OCCO2.Cl. The molecule has 1 aromatic carbocycles. The van der Waals surface area contributed by atoms with Crippen LogP contribution in [0.1, 0.15) is 29.0 Å². The van der Waals surface area contributed by atoms with Gasteiger partial charge in [0, 0.05) is 12.1 Å². The normalized spacial score (nSPS) is 16.7. The fourth-order valence-corrected chi connectivity index (χ4v) is 3.17. The fourth-order valence-electron chi connectivity index (χ4n) is 3.17. The molecule has 1 aromatic heterocycles. The van der Waals surface area contributed by atoms with Crippen molar-refractivity contribution in [1.82, 2.24) is 25.6 Å². The molecule has 1 amide bonds. The summed E-state index contributed by atoms with van der Waals surface area (Å²) in [4.78, 5) is 12.5. The highest BCUT2D eigenvalue weighted by molar-refractivity contribution is 5.93. The number of nitrogens with zero attached hydrogens (tertiary/aromatic N) is 3. The summed E-state index contributed by atoms with van der Waals surface area (Å²) in [7, 11) is 0. The third kappa shape index (κ3) is 3.61. The molecular weight excluding hydrogens is 358 g/mol. The summed E-state index contributed by atoms with van der Waals surface area (Å²) in [5.41, 5.74) is 1.84. The van der Waals surface area contributed by atoms with Gasteiger partial charge in [0.1, 0.15) is 13.2 Å². The predicted octanol–water partition coefficient (Wildman–Crippen LogP) is 1.25. The van der Waals surface area contributed by atoms with Crippen LogP contribution in [0.15, 0.2) is 18.2 Å². The topological polar surface area (TPSA) is 90.3 Å². The Kier molecular flexibility index (Phi) is 5.63. The quantitative estimate of drug-likeness (QED) is 0.834. The lowest BCUT2D eigenvalue weighted by Crippen LogP contribution is -2.43. The zero-order chi connectivity index (χ0) is 17.2. The van der Waals surface area contributed by atoms with Crippen molar-refractivity contribution in [2.75, 3.05) is 26.3 Å². The van der Waals surface area contributed by atoms with E-state index in [-0.39, 0.29) is 24.4 Å². The number of aromatic nitrogens is 3. The molecular formula is C17H22ClN5O3. The molecule has 0 spiro atoms. The molecule has 0 radical (unpaired) electrons. The van der Waals surface area contributed by atoms with Gasteiger partial charge in [0.25, 0.3) is 5.91 Å². The van der Waals surface area contributed by atoms with Crippen LogP contribution in [0, 0.1) is 6.92 Å². The highest BCUT2D eigenvalue weighted by Crippen LogP contribution is 2.32. The molecule has 2 aromatic rings. The van der Waals surface area contributed by atoms with E-state index in [4.69, 9.17) is 9.47 Å². The van der Waals surface area contributed by atoms with E-state index in [9.17, 15) is 4.79 Å². The Balaban J connectivity index is 0.00000196.